The Labute approximate surface area is 94.5 Å². The molecule has 0 spiro atoms. The first-order valence-corrected chi connectivity index (χ1v) is 11.3. The first-order chi connectivity index (χ1) is 6.57. The molecule has 1 heteroatoms. The summed E-state index contributed by atoms with van der Waals surface area (Å²) in [6.07, 6.45) is 4.14. The molecule has 0 N–H and O–H groups in total. The van der Waals surface area contributed by atoms with Gasteiger partial charge in [0.2, 0.25) is 0 Å². The minimum absolute atomic E-state index is 1.05. The molecule has 0 saturated heterocycles. The molecule has 0 unspecified atom stereocenters. The van der Waals surface area contributed by atoms with E-state index in [1.54, 1.807) is 21.7 Å². The summed E-state index contributed by atoms with van der Waals surface area (Å²) >= 11 is -1.05. The Morgan fingerprint density at radius 2 is 1.79 bits per heavy atom. The number of hydrogen-bond donors (Lipinski definition) is 0. The van der Waals surface area contributed by atoms with Crippen molar-refractivity contribution in [3.05, 3.63) is 20.8 Å². The molecule has 0 radical (unpaired) electrons. The van der Waals surface area contributed by atoms with Crippen LogP contribution in [0.2, 0.25) is 10.5 Å². The molecule has 0 saturated carbocycles. The van der Waals surface area contributed by atoms with Gasteiger partial charge < -0.3 is 0 Å². The molecule has 0 aromatic rings. The van der Waals surface area contributed by atoms with Crippen LogP contribution >= 0.6 is 0 Å². The van der Waals surface area contributed by atoms with E-state index in [0.717, 1.165) is 0 Å². The van der Waals surface area contributed by atoms with Crippen LogP contribution in [-0.4, -0.2) is 16.2 Å². The third kappa shape index (κ3) is 2.57. The van der Waals surface area contributed by atoms with Gasteiger partial charge in [0.1, 0.15) is 0 Å². The van der Waals surface area contributed by atoms with Crippen LogP contribution in [0.5, 0.6) is 0 Å². The second-order valence-electron chi connectivity index (χ2n) is 4.78. The summed E-state index contributed by atoms with van der Waals surface area (Å²) in [7, 11) is 0. The maximum atomic E-state index is 2.58. The van der Waals surface area contributed by atoms with Gasteiger partial charge in [-0.1, -0.05) is 0 Å². The van der Waals surface area contributed by atoms with Gasteiger partial charge >= 0.3 is 94.5 Å². The Morgan fingerprint density at radius 1 is 1.14 bits per heavy atom. The summed E-state index contributed by atoms with van der Waals surface area (Å²) in [6, 6.07) is 0. The average Bonchev–Trinajstić information content (AvgIpc) is 2.42. The van der Waals surface area contributed by atoms with Gasteiger partial charge in [-0.25, -0.2) is 0 Å². The summed E-state index contributed by atoms with van der Waals surface area (Å²) in [5.74, 6) is 0. The molecule has 1 aliphatic carbocycles. The molecular formula is C13H23Ga. The molecule has 0 aliphatic heterocycles. The Bertz CT molecular complexity index is 271. The quantitative estimate of drug-likeness (QED) is 0.643. The molecule has 1 rings (SSSR count). The molecule has 1 aliphatic rings. The van der Waals surface area contributed by atoms with Crippen molar-refractivity contribution in [1.29, 1.82) is 0 Å². The topological polar surface area (TPSA) is 0 Å². The Kier molecular flexibility index (Phi) is 4.59. The predicted octanol–water partition coefficient (Wildman–Crippen LogP) is 4.51. The van der Waals surface area contributed by atoms with Gasteiger partial charge in [-0.05, 0) is 0 Å². The van der Waals surface area contributed by atoms with Crippen molar-refractivity contribution >= 4 is 16.2 Å². The van der Waals surface area contributed by atoms with Crippen LogP contribution in [0.3, 0.4) is 0 Å². The molecule has 0 aromatic carbocycles. The molecular weight excluding hydrogens is 226 g/mol. The van der Waals surface area contributed by atoms with E-state index in [1.807, 2.05) is 4.13 Å². The van der Waals surface area contributed by atoms with E-state index in [0.29, 0.717) is 0 Å². The number of hydrogen-bond acceptors (Lipinski definition) is 0. The van der Waals surface area contributed by atoms with Crippen molar-refractivity contribution < 1.29 is 0 Å². The van der Waals surface area contributed by atoms with E-state index in [9.17, 15) is 0 Å². The zero-order valence-electron chi connectivity index (χ0n) is 10.4. The fourth-order valence-electron chi connectivity index (χ4n) is 2.34. The average molecular weight is 249 g/mol. The van der Waals surface area contributed by atoms with Gasteiger partial charge in [0.15, 0.2) is 0 Å². The van der Waals surface area contributed by atoms with Crippen molar-refractivity contribution in [2.24, 2.45) is 0 Å². The van der Waals surface area contributed by atoms with Crippen LogP contribution in [-0.2, 0) is 0 Å². The third-order valence-corrected chi connectivity index (χ3v) is 10.2. The Morgan fingerprint density at radius 3 is 2.21 bits per heavy atom. The molecule has 78 valence electrons. The summed E-state index contributed by atoms with van der Waals surface area (Å²) in [6.45, 7) is 9.25. The van der Waals surface area contributed by atoms with Gasteiger partial charge in [0, 0.05) is 0 Å². The van der Waals surface area contributed by atoms with E-state index >= 15 is 0 Å². The first-order valence-electron chi connectivity index (χ1n) is 5.94. The second kappa shape index (κ2) is 5.27. The van der Waals surface area contributed by atoms with Crippen LogP contribution in [0, 0.1) is 0 Å². The first kappa shape index (κ1) is 12.2. The van der Waals surface area contributed by atoms with E-state index in [4.69, 9.17) is 0 Å². The molecule has 0 fully saturated rings. The van der Waals surface area contributed by atoms with Crippen molar-refractivity contribution in [3.63, 3.8) is 0 Å². The van der Waals surface area contributed by atoms with Crippen LogP contribution < -0.4 is 0 Å². The van der Waals surface area contributed by atoms with Gasteiger partial charge in [0.05, 0.1) is 0 Å². The van der Waals surface area contributed by atoms with Crippen molar-refractivity contribution in [1.82, 2.24) is 0 Å². The molecule has 14 heavy (non-hydrogen) atoms. The summed E-state index contributed by atoms with van der Waals surface area (Å²) in [5, 5.41) is 0. The number of allylic oxidation sites excluding steroid dienone is 4. The monoisotopic (exact) mass is 248 g/mol. The van der Waals surface area contributed by atoms with Crippen molar-refractivity contribution in [2.45, 2.75) is 57.4 Å². The van der Waals surface area contributed by atoms with Gasteiger partial charge in [-0.2, -0.15) is 0 Å². The zero-order chi connectivity index (χ0) is 10.7. The molecule has 0 amide bonds. The zero-order valence-corrected chi connectivity index (χ0v) is 12.8. The van der Waals surface area contributed by atoms with Gasteiger partial charge in [-0.3, -0.25) is 0 Å². The molecule has 0 atom stereocenters. The van der Waals surface area contributed by atoms with Crippen LogP contribution in [0.25, 0.3) is 0 Å². The summed E-state index contributed by atoms with van der Waals surface area (Å²) in [5.41, 5.74) is 7.46. The molecule has 0 aromatic heterocycles. The summed E-state index contributed by atoms with van der Waals surface area (Å²) < 4.78 is 1.89. The summed E-state index contributed by atoms with van der Waals surface area (Å²) in [4.78, 5) is 1.55. The Hall–Kier alpha value is 0.116. The fourth-order valence-corrected chi connectivity index (χ4v) is 8.59. The maximum absolute atomic E-state index is 2.58. The van der Waals surface area contributed by atoms with Crippen LogP contribution in [0.15, 0.2) is 20.8 Å². The fraction of sp³-hybridized carbons (Fsp3) is 0.692. The van der Waals surface area contributed by atoms with E-state index in [2.05, 4.69) is 33.2 Å². The van der Waals surface area contributed by atoms with Crippen LogP contribution in [0.4, 0.5) is 0 Å². The minimum atomic E-state index is -1.05. The number of unbranched alkanes of at least 4 members (excludes halogenated alkanes) is 1. The van der Waals surface area contributed by atoms with Gasteiger partial charge in [-0.15, -0.1) is 0 Å². The second-order valence-corrected chi connectivity index (χ2v) is 11.2. The van der Waals surface area contributed by atoms with E-state index in [1.165, 1.54) is 19.3 Å². The molecule has 0 nitrogen and oxygen atoms in total. The normalized spacial score (nSPS) is 16.9. The van der Waals surface area contributed by atoms with Crippen LogP contribution in [0.1, 0.15) is 47.0 Å². The SMILES string of the molecule is CCC[CH2][Ga]([CH3])[C]1=C(C)C(C)=C(C)C1. The van der Waals surface area contributed by atoms with E-state index in [-0.39, 0.29) is 0 Å². The number of rotatable bonds is 4. The standard InChI is InChI=1S/C8H11.C4H9.CH3.Ga/c1-6-4-5-7(2)8(6)3;1-3-4-2;;/h4H2,1-3H3;1,3-4H2,2H3;1H3;. The predicted molar refractivity (Wildman–Crippen MR) is 67.0 cm³/mol. The Balaban J connectivity index is 2.64. The molecule has 0 heterocycles. The van der Waals surface area contributed by atoms with E-state index < -0.39 is 16.2 Å². The third-order valence-electron chi connectivity index (χ3n) is 3.73. The van der Waals surface area contributed by atoms with Gasteiger partial charge in [0.25, 0.3) is 0 Å². The molecule has 0 bridgehead atoms. The van der Waals surface area contributed by atoms with Crippen molar-refractivity contribution in [3.8, 4) is 0 Å². The van der Waals surface area contributed by atoms with Crippen molar-refractivity contribution in [2.75, 3.05) is 0 Å².